The number of aromatic nitrogens is 4. The second-order valence-corrected chi connectivity index (χ2v) is 8.60. The quantitative estimate of drug-likeness (QED) is 0.349. The first-order valence-corrected chi connectivity index (χ1v) is 11.6. The summed E-state index contributed by atoms with van der Waals surface area (Å²) in [5, 5.41) is 4.82. The molecule has 4 aromatic rings. The van der Waals surface area contributed by atoms with Crippen molar-refractivity contribution in [2.45, 2.75) is 38.4 Å². The van der Waals surface area contributed by atoms with Gasteiger partial charge >= 0.3 is 0 Å². The lowest BCUT2D eigenvalue weighted by Crippen LogP contribution is -2.34. The summed E-state index contributed by atoms with van der Waals surface area (Å²) in [6.07, 6.45) is 12.9. The molecule has 5 rings (SSSR count). The van der Waals surface area contributed by atoms with Crippen LogP contribution in [0.3, 0.4) is 0 Å². The molecule has 1 fully saturated rings. The Hall–Kier alpha value is -4.06. The van der Waals surface area contributed by atoms with Crippen molar-refractivity contribution in [3.05, 3.63) is 108 Å². The fraction of sp³-hybridized carbons (Fsp3) is 0.214. The number of hydrogen-bond donors (Lipinski definition) is 0. The monoisotopic (exact) mass is 449 g/mol. The van der Waals surface area contributed by atoms with E-state index in [0.29, 0.717) is 6.54 Å². The summed E-state index contributed by atoms with van der Waals surface area (Å²) in [6.45, 7) is 2.70. The molecule has 1 aromatic carbocycles. The van der Waals surface area contributed by atoms with E-state index in [4.69, 9.17) is 5.10 Å². The summed E-state index contributed by atoms with van der Waals surface area (Å²) < 4.78 is 1.91. The molecule has 0 aliphatic heterocycles. The number of hydrogen-bond acceptors (Lipinski definition) is 4. The van der Waals surface area contributed by atoms with Crippen molar-refractivity contribution in [3.63, 3.8) is 0 Å². The lowest BCUT2D eigenvalue weighted by Gasteiger charge is -2.28. The molecule has 3 aromatic heterocycles. The highest BCUT2D eigenvalue weighted by molar-refractivity contribution is 5.93. The molecule has 1 amide bonds. The van der Waals surface area contributed by atoms with Gasteiger partial charge in [0.2, 0.25) is 5.91 Å². The first kappa shape index (κ1) is 21.8. The number of amides is 1. The maximum Gasteiger partial charge on any atom is 0.247 e. The minimum Gasteiger partial charge on any atom is -0.328 e. The summed E-state index contributed by atoms with van der Waals surface area (Å²) in [6, 6.07) is 20.1. The highest BCUT2D eigenvalue weighted by Gasteiger charge is 2.35. The minimum absolute atomic E-state index is 0.00593. The van der Waals surface area contributed by atoms with Crippen molar-refractivity contribution in [1.29, 1.82) is 0 Å². The van der Waals surface area contributed by atoms with Gasteiger partial charge in [0.15, 0.2) is 0 Å². The van der Waals surface area contributed by atoms with Crippen molar-refractivity contribution >= 4 is 12.0 Å². The molecule has 1 saturated carbocycles. The predicted molar refractivity (Wildman–Crippen MR) is 133 cm³/mol. The van der Waals surface area contributed by atoms with Gasteiger partial charge < -0.3 is 4.90 Å². The third-order valence-electron chi connectivity index (χ3n) is 6.05. The van der Waals surface area contributed by atoms with E-state index >= 15 is 0 Å². The third-order valence-corrected chi connectivity index (χ3v) is 6.05. The number of carbonyl (C=O) groups is 1. The molecular weight excluding hydrogens is 422 g/mol. The van der Waals surface area contributed by atoms with Crippen LogP contribution in [-0.4, -0.2) is 36.6 Å². The van der Waals surface area contributed by atoms with Gasteiger partial charge in [0.05, 0.1) is 18.3 Å². The smallest absolute Gasteiger partial charge is 0.247 e. The number of benzene rings is 1. The second-order valence-electron chi connectivity index (χ2n) is 8.60. The molecule has 170 valence electrons. The van der Waals surface area contributed by atoms with Gasteiger partial charge in [-0.1, -0.05) is 36.4 Å². The number of rotatable bonds is 8. The van der Waals surface area contributed by atoms with Gasteiger partial charge in [-0.3, -0.25) is 19.4 Å². The van der Waals surface area contributed by atoms with Crippen molar-refractivity contribution in [3.8, 4) is 11.3 Å². The van der Waals surface area contributed by atoms with Crippen molar-refractivity contribution in [2.24, 2.45) is 0 Å². The highest BCUT2D eigenvalue weighted by atomic mass is 16.2. The fourth-order valence-electron chi connectivity index (χ4n) is 4.19. The Morgan fingerprint density at radius 1 is 1.09 bits per heavy atom. The van der Waals surface area contributed by atoms with Gasteiger partial charge in [-0.15, -0.1) is 0 Å². The summed E-state index contributed by atoms with van der Waals surface area (Å²) >= 11 is 0. The van der Waals surface area contributed by atoms with E-state index in [-0.39, 0.29) is 18.0 Å². The lowest BCUT2D eigenvalue weighted by molar-refractivity contribution is -0.128. The average molecular weight is 450 g/mol. The SMILES string of the molecule is CC(c1ccccn1)N(C(=O)/C=C/c1cn(Cc2ccccc2)nc1-c1cccnc1)C1CC1. The number of pyridine rings is 2. The maximum absolute atomic E-state index is 13.3. The van der Waals surface area contributed by atoms with Gasteiger partial charge in [-0.25, -0.2) is 0 Å². The van der Waals surface area contributed by atoms with Crippen molar-refractivity contribution in [1.82, 2.24) is 24.6 Å². The molecule has 1 aliphatic carbocycles. The van der Waals surface area contributed by atoms with Crippen LogP contribution in [0.5, 0.6) is 0 Å². The van der Waals surface area contributed by atoms with Crippen LogP contribution in [-0.2, 0) is 11.3 Å². The molecular formula is C28H27N5O. The molecule has 1 aliphatic rings. The fourth-order valence-corrected chi connectivity index (χ4v) is 4.19. The van der Waals surface area contributed by atoms with Crippen LogP contribution in [0.2, 0.25) is 0 Å². The lowest BCUT2D eigenvalue weighted by atomic mass is 10.1. The molecule has 0 spiro atoms. The van der Waals surface area contributed by atoms with Gasteiger partial charge in [0.1, 0.15) is 5.69 Å². The molecule has 3 heterocycles. The summed E-state index contributed by atoms with van der Waals surface area (Å²) in [5.74, 6) is -0.00593. The van der Waals surface area contributed by atoms with E-state index in [9.17, 15) is 4.79 Å². The van der Waals surface area contributed by atoms with Crippen LogP contribution in [0.15, 0.2) is 91.5 Å². The zero-order valence-electron chi connectivity index (χ0n) is 19.2. The topological polar surface area (TPSA) is 63.9 Å². The Morgan fingerprint density at radius 2 is 1.91 bits per heavy atom. The highest BCUT2D eigenvalue weighted by Crippen LogP contribution is 2.34. The van der Waals surface area contributed by atoms with Gasteiger partial charge in [0.25, 0.3) is 0 Å². The number of carbonyl (C=O) groups excluding carboxylic acids is 1. The van der Waals surface area contributed by atoms with Gasteiger partial charge in [0, 0.05) is 48.0 Å². The van der Waals surface area contributed by atoms with Crippen LogP contribution in [0.25, 0.3) is 17.3 Å². The standard InChI is InChI=1S/C28H27N5O/c1-21(26-11-5-6-17-30-26)33(25-13-14-25)27(34)15-12-24-20-32(19-22-8-3-2-4-9-22)31-28(24)23-10-7-16-29-18-23/h2-12,15-18,20-21,25H,13-14,19H2,1H3/b15-12+. The Morgan fingerprint density at radius 3 is 2.62 bits per heavy atom. The van der Waals surface area contributed by atoms with Crippen LogP contribution in [0.4, 0.5) is 0 Å². The van der Waals surface area contributed by atoms with Crippen LogP contribution < -0.4 is 0 Å². The molecule has 0 bridgehead atoms. The first-order chi connectivity index (χ1) is 16.7. The predicted octanol–water partition coefficient (Wildman–Crippen LogP) is 5.15. The Labute approximate surface area is 199 Å². The molecule has 0 radical (unpaired) electrons. The van der Waals surface area contributed by atoms with Crippen LogP contribution in [0.1, 0.15) is 42.6 Å². The normalized spacial score (nSPS) is 14.3. The zero-order valence-corrected chi connectivity index (χ0v) is 19.2. The molecule has 6 nitrogen and oxygen atoms in total. The third kappa shape index (κ3) is 4.96. The van der Waals surface area contributed by atoms with E-state index in [0.717, 1.165) is 35.4 Å². The largest absolute Gasteiger partial charge is 0.328 e. The summed E-state index contributed by atoms with van der Waals surface area (Å²) in [7, 11) is 0. The van der Waals surface area contributed by atoms with Crippen LogP contribution >= 0.6 is 0 Å². The molecule has 6 heteroatoms. The van der Waals surface area contributed by atoms with E-state index in [2.05, 4.69) is 22.1 Å². The zero-order chi connectivity index (χ0) is 23.3. The van der Waals surface area contributed by atoms with E-state index in [1.807, 2.05) is 77.3 Å². The van der Waals surface area contributed by atoms with E-state index in [1.165, 1.54) is 5.56 Å². The number of nitrogens with zero attached hydrogens (tertiary/aromatic N) is 5. The van der Waals surface area contributed by atoms with Crippen LogP contribution in [0, 0.1) is 0 Å². The molecule has 34 heavy (non-hydrogen) atoms. The Balaban J connectivity index is 1.43. The second kappa shape index (κ2) is 9.83. The summed E-state index contributed by atoms with van der Waals surface area (Å²) in [5.41, 5.74) is 4.69. The molecule has 0 saturated heterocycles. The Bertz CT molecular complexity index is 1260. The molecule has 1 unspecified atom stereocenters. The molecule has 1 atom stereocenters. The van der Waals surface area contributed by atoms with Gasteiger partial charge in [-0.05, 0) is 55.7 Å². The Kier molecular flexibility index (Phi) is 6.29. The average Bonchev–Trinajstić information content (AvgIpc) is 3.64. The van der Waals surface area contributed by atoms with Crippen molar-refractivity contribution < 1.29 is 4.79 Å². The molecule has 0 N–H and O–H groups in total. The van der Waals surface area contributed by atoms with E-state index < -0.39 is 0 Å². The van der Waals surface area contributed by atoms with Crippen molar-refractivity contribution in [2.75, 3.05) is 0 Å². The summed E-state index contributed by atoms with van der Waals surface area (Å²) in [4.78, 5) is 24.0. The maximum atomic E-state index is 13.3. The van der Waals surface area contributed by atoms with Gasteiger partial charge in [-0.2, -0.15) is 5.10 Å². The minimum atomic E-state index is -0.0792. The van der Waals surface area contributed by atoms with E-state index in [1.54, 1.807) is 24.7 Å². The first-order valence-electron chi connectivity index (χ1n) is 11.6.